The Kier molecular flexibility index (Phi) is 5.13. The normalized spacial score (nSPS) is 17.0. The molecule has 0 spiro atoms. The summed E-state index contributed by atoms with van der Waals surface area (Å²) in [4.78, 5) is 13.2. The molecule has 2 N–H and O–H groups in total. The smallest absolute Gasteiger partial charge is 0.157 e. The molecule has 1 atom stereocenters. The van der Waals surface area contributed by atoms with E-state index in [1.54, 1.807) is 29.1 Å². The van der Waals surface area contributed by atoms with Crippen LogP contribution in [0.5, 0.6) is 0 Å². The Balaban J connectivity index is 1.72. The Bertz CT molecular complexity index is 1060. The van der Waals surface area contributed by atoms with Crippen molar-refractivity contribution < 1.29 is 9.32 Å². The maximum Gasteiger partial charge on any atom is 0.157 e. The summed E-state index contributed by atoms with van der Waals surface area (Å²) >= 11 is 5.80. The van der Waals surface area contributed by atoms with E-state index in [2.05, 4.69) is 25.4 Å². The fraction of sp³-hybridized carbons (Fsp3) is 0.333. The lowest BCUT2D eigenvalue weighted by Crippen LogP contribution is -2.49. The number of fused-ring (bicyclic) bond motifs is 1. The van der Waals surface area contributed by atoms with E-state index < -0.39 is 16.3 Å². The summed E-state index contributed by atoms with van der Waals surface area (Å²) in [6.07, 6.45) is 12.5. The molecule has 0 amide bonds. The monoisotopic (exact) mass is 418 g/mol. The van der Waals surface area contributed by atoms with Crippen molar-refractivity contribution in [1.29, 1.82) is 0 Å². The highest BCUT2D eigenvalue weighted by Gasteiger charge is 2.37. The number of nitrogens with one attached hydrogen (secondary N) is 1. The summed E-state index contributed by atoms with van der Waals surface area (Å²) in [7, 11) is -1.26. The number of aliphatic hydroxyl groups excluding tert-OH is 1. The van der Waals surface area contributed by atoms with E-state index in [-0.39, 0.29) is 6.61 Å². The molecule has 0 unspecified atom stereocenters. The number of hydrogen-bond donors (Lipinski definition) is 2. The quantitative estimate of drug-likeness (QED) is 0.633. The standard InChI is InChI=1S/C18H19ClN6O2S/c1-28(27)14-10-22-16-7-13(3-4-15-20-8-12(19)9-21-15)24-25(16)17(14)23-18(11-26)5-2-6-18/h3-4,7-10,23,26H,2,5-6,11H2,1H3/b4-3+/t28-/m1/s1. The molecule has 4 rings (SSSR count). The van der Waals surface area contributed by atoms with Gasteiger partial charge in [-0.3, -0.25) is 4.21 Å². The molecule has 10 heteroatoms. The van der Waals surface area contributed by atoms with Crippen molar-refractivity contribution in [1.82, 2.24) is 24.6 Å². The van der Waals surface area contributed by atoms with E-state index in [1.807, 2.05) is 6.07 Å². The third-order valence-corrected chi connectivity index (χ3v) is 5.93. The maximum absolute atomic E-state index is 12.2. The van der Waals surface area contributed by atoms with Gasteiger partial charge in [-0.05, 0) is 31.4 Å². The van der Waals surface area contributed by atoms with Crippen LogP contribution in [0.1, 0.15) is 30.8 Å². The summed E-state index contributed by atoms with van der Waals surface area (Å²) in [5.41, 5.74) is 0.863. The molecular formula is C18H19ClN6O2S. The number of aromatic nitrogens is 5. The van der Waals surface area contributed by atoms with Gasteiger partial charge in [0.05, 0.1) is 38.6 Å². The van der Waals surface area contributed by atoms with Gasteiger partial charge in [-0.1, -0.05) is 11.6 Å². The van der Waals surface area contributed by atoms with Crippen LogP contribution < -0.4 is 5.32 Å². The van der Waals surface area contributed by atoms with Crippen molar-refractivity contribution in [3.63, 3.8) is 0 Å². The topological polar surface area (TPSA) is 105 Å². The predicted octanol–water partition coefficient (Wildman–Crippen LogP) is 2.41. The van der Waals surface area contributed by atoms with Gasteiger partial charge in [0, 0.05) is 30.9 Å². The minimum absolute atomic E-state index is 0.00847. The molecule has 28 heavy (non-hydrogen) atoms. The fourth-order valence-corrected chi connectivity index (χ4v) is 3.80. The third-order valence-electron chi connectivity index (χ3n) is 4.82. The van der Waals surface area contributed by atoms with Gasteiger partial charge in [-0.15, -0.1) is 0 Å². The molecule has 3 aromatic rings. The predicted molar refractivity (Wildman–Crippen MR) is 109 cm³/mol. The van der Waals surface area contributed by atoms with Gasteiger partial charge in [-0.25, -0.2) is 15.0 Å². The van der Waals surface area contributed by atoms with Crippen LogP contribution in [0.2, 0.25) is 5.02 Å². The SMILES string of the molecule is C[S@@](=O)c1cnc2cc(/C=C/c3ncc(Cl)cn3)nn2c1NC1(CO)CCC1. The van der Waals surface area contributed by atoms with Crippen molar-refractivity contribution in [3.05, 3.63) is 41.2 Å². The number of anilines is 1. The summed E-state index contributed by atoms with van der Waals surface area (Å²) in [6, 6.07) is 1.81. The van der Waals surface area contributed by atoms with Crippen LogP contribution in [0.3, 0.4) is 0 Å². The molecule has 1 fully saturated rings. The zero-order chi connectivity index (χ0) is 19.7. The molecular weight excluding hydrogens is 400 g/mol. The van der Waals surface area contributed by atoms with Crippen molar-refractivity contribution in [3.8, 4) is 0 Å². The first-order valence-corrected chi connectivity index (χ1v) is 10.7. The Labute approximate surface area is 169 Å². The van der Waals surface area contributed by atoms with E-state index in [0.29, 0.717) is 32.9 Å². The van der Waals surface area contributed by atoms with E-state index in [0.717, 1.165) is 19.3 Å². The minimum atomic E-state index is -1.26. The van der Waals surface area contributed by atoms with Crippen LogP contribution in [-0.2, 0) is 10.8 Å². The summed E-state index contributed by atoms with van der Waals surface area (Å²) in [6.45, 7) is 0.00847. The Morgan fingerprint density at radius 1 is 1.29 bits per heavy atom. The molecule has 1 aliphatic carbocycles. The zero-order valence-electron chi connectivity index (χ0n) is 15.2. The number of aliphatic hydroxyl groups is 1. The van der Waals surface area contributed by atoms with Gasteiger partial charge in [0.1, 0.15) is 5.82 Å². The Hall–Kier alpha value is -2.36. The van der Waals surface area contributed by atoms with E-state index in [1.165, 1.54) is 12.4 Å². The molecule has 1 saturated carbocycles. The van der Waals surface area contributed by atoms with Gasteiger partial charge in [0.15, 0.2) is 11.5 Å². The van der Waals surface area contributed by atoms with Crippen LogP contribution in [0.25, 0.3) is 17.8 Å². The van der Waals surface area contributed by atoms with Crippen molar-refractivity contribution in [2.45, 2.75) is 29.7 Å². The molecule has 0 aromatic carbocycles. The average molecular weight is 419 g/mol. The summed E-state index contributed by atoms with van der Waals surface area (Å²) in [5, 5.41) is 18.2. The number of rotatable bonds is 6. The van der Waals surface area contributed by atoms with Gasteiger partial charge in [0.25, 0.3) is 0 Å². The fourth-order valence-electron chi connectivity index (χ4n) is 3.09. The second-order valence-electron chi connectivity index (χ2n) is 6.77. The molecule has 146 valence electrons. The van der Waals surface area contributed by atoms with Crippen molar-refractivity contribution in [2.75, 3.05) is 18.2 Å². The third kappa shape index (κ3) is 3.65. The molecule has 3 aromatic heterocycles. The lowest BCUT2D eigenvalue weighted by atomic mass is 9.77. The Morgan fingerprint density at radius 3 is 2.64 bits per heavy atom. The van der Waals surface area contributed by atoms with Crippen LogP contribution in [0, 0.1) is 0 Å². The maximum atomic E-state index is 12.2. The van der Waals surface area contributed by atoms with Gasteiger partial charge in [0.2, 0.25) is 0 Å². The highest BCUT2D eigenvalue weighted by molar-refractivity contribution is 7.84. The van der Waals surface area contributed by atoms with Crippen LogP contribution in [-0.4, -0.2) is 52.3 Å². The van der Waals surface area contributed by atoms with E-state index in [4.69, 9.17) is 11.6 Å². The number of hydrogen-bond acceptors (Lipinski definition) is 7. The second-order valence-corrected chi connectivity index (χ2v) is 8.56. The van der Waals surface area contributed by atoms with Crippen molar-refractivity contribution >= 4 is 46.0 Å². The number of nitrogens with zero attached hydrogens (tertiary/aromatic N) is 5. The van der Waals surface area contributed by atoms with Gasteiger partial charge >= 0.3 is 0 Å². The first-order valence-electron chi connectivity index (χ1n) is 8.77. The van der Waals surface area contributed by atoms with E-state index >= 15 is 0 Å². The first-order chi connectivity index (χ1) is 13.5. The highest BCUT2D eigenvalue weighted by atomic mass is 35.5. The van der Waals surface area contributed by atoms with Crippen LogP contribution in [0.4, 0.5) is 5.82 Å². The Morgan fingerprint density at radius 2 is 2.04 bits per heavy atom. The summed E-state index contributed by atoms with van der Waals surface area (Å²) < 4.78 is 13.9. The largest absolute Gasteiger partial charge is 0.394 e. The number of halogens is 1. The van der Waals surface area contributed by atoms with Crippen molar-refractivity contribution in [2.24, 2.45) is 0 Å². The zero-order valence-corrected chi connectivity index (χ0v) is 16.7. The molecule has 0 radical (unpaired) electrons. The minimum Gasteiger partial charge on any atom is -0.394 e. The van der Waals surface area contributed by atoms with Crippen LogP contribution in [0.15, 0.2) is 29.6 Å². The van der Waals surface area contributed by atoms with E-state index in [9.17, 15) is 9.32 Å². The first kappa shape index (κ1) is 19.0. The van der Waals surface area contributed by atoms with Gasteiger partial charge < -0.3 is 10.4 Å². The summed E-state index contributed by atoms with van der Waals surface area (Å²) in [5.74, 6) is 1.11. The molecule has 3 heterocycles. The molecule has 8 nitrogen and oxygen atoms in total. The second kappa shape index (κ2) is 7.57. The molecule has 0 bridgehead atoms. The lowest BCUT2D eigenvalue weighted by Gasteiger charge is -2.42. The molecule has 0 aliphatic heterocycles. The highest BCUT2D eigenvalue weighted by Crippen LogP contribution is 2.36. The molecule has 0 saturated heterocycles. The molecule has 1 aliphatic rings. The lowest BCUT2D eigenvalue weighted by molar-refractivity contribution is 0.143. The van der Waals surface area contributed by atoms with Crippen LogP contribution >= 0.6 is 11.6 Å². The van der Waals surface area contributed by atoms with Gasteiger partial charge in [-0.2, -0.15) is 9.61 Å². The average Bonchev–Trinajstić information content (AvgIpc) is 3.07.